The number of unbranched alkanes of at least 4 members (excludes halogenated alkanes) is 5. The zero-order chi connectivity index (χ0) is 30.9. The van der Waals surface area contributed by atoms with Gasteiger partial charge in [-0.2, -0.15) is 0 Å². The Morgan fingerprint density at radius 3 is 1.76 bits per heavy atom. The lowest BCUT2D eigenvalue weighted by Gasteiger charge is -2.33. The number of aryl methyl sites for hydroxylation is 2. The maximum absolute atomic E-state index is 13.6. The molecule has 2 aromatic rings. The molecule has 0 bridgehead atoms. The van der Waals surface area contributed by atoms with Crippen molar-refractivity contribution in [1.29, 1.82) is 0 Å². The Bertz CT molecular complexity index is 1160. The standard InChI is InChI=1S/C35H54NO5P/c1-9-10-11-12-13-14-15-29-16-20-31(21-17-29)32-22-18-30(19-23-32)24-25-35(26-38-28(2)36-35)27-39-42(37,40-33(3,4)5)41-34(6,7)8/h16-23H,9-15,24-27H2,1-8H3. The third-order valence-corrected chi connectivity index (χ3v) is 9.13. The molecule has 1 heterocycles. The topological polar surface area (TPSA) is 66.4 Å². The number of phosphoric ester groups is 1. The van der Waals surface area contributed by atoms with Crippen LogP contribution in [0.5, 0.6) is 0 Å². The van der Waals surface area contributed by atoms with E-state index < -0.39 is 24.6 Å². The molecule has 234 valence electrons. The van der Waals surface area contributed by atoms with E-state index in [-0.39, 0.29) is 6.61 Å². The molecule has 3 rings (SSSR count). The number of aliphatic imine (C=N–C) groups is 1. The minimum atomic E-state index is -3.85. The molecule has 1 unspecified atom stereocenters. The zero-order valence-electron chi connectivity index (χ0n) is 27.3. The van der Waals surface area contributed by atoms with E-state index in [0.29, 0.717) is 18.9 Å². The van der Waals surface area contributed by atoms with Crippen LogP contribution in [0.25, 0.3) is 11.1 Å². The molecular weight excluding hydrogens is 545 g/mol. The molecule has 0 fully saturated rings. The number of hydrogen-bond donors (Lipinski definition) is 0. The SMILES string of the molecule is CCCCCCCCc1ccc(-c2ccc(CCC3(COP(=O)(OC(C)(C)C)OC(C)(C)C)COC(C)=N3)cc2)cc1. The summed E-state index contributed by atoms with van der Waals surface area (Å²) in [5, 5.41) is 0. The normalized spacial score (nSPS) is 17.8. The van der Waals surface area contributed by atoms with Crippen molar-refractivity contribution in [2.75, 3.05) is 13.2 Å². The van der Waals surface area contributed by atoms with E-state index in [0.717, 1.165) is 12.8 Å². The van der Waals surface area contributed by atoms with Gasteiger partial charge in [0.25, 0.3) is 0 Å². The Hall–Kier alpha value is -1.98. The number of phosphoric acid groups is 1. The van der Waals surface area contributed by atoms with E-state index in [1.807, 2.05) is 48.5 Å². The molecule has 0 saturated carbocycles. The van der Waals surface area contributed by atoms with Gasteiger partial charge in [-0.05, 0) is 89.5 Å². The molecule has 0 spiro atoms. The van der Waals surface area contributed by atoms with Gasteiger partial charge in [-0.25, -0.2) is 9.56 Å². The summed E-state index contributed by atoms with van der Waals surface area (Å²) in [7, 11) is -3.85. The molecule has 0 saturated heterocycles. The lowest BCUT2D eigenvalue weighted by Crippen LogP contribution is -2.36. The van der Waals surface area contributed by atoms with E-state index in [2.05, 4.69) is 55.5 Å². The number of ether oxygens (including phenoxy) is 1. The first-order valence-corrected chi connectivity index (χ1v) is 17.2. The maximum atomic E-state index is 13.6. The van der Waals surface area contributed by atoms with Crippen LogP contribution in [-0.2, 0) is 35.7 Å². The first-order valence-electron chi connectivity index (χ1n) is 15.7. The van der Waals surface area contributed by atoms with Gasteiger partial charge >= 0.3 is 7.82 Å². The Morgan fingerprint density at radius 1 is 0.786 bits per heavy atom. The Kier molecular flexibility index (Phi) is 12.4. The highest BCUT2D eigenvalue weighted by atomic mass is 31.2. The summed E-state index contributed by atoms with van der Waals surface area (Å²) in [6.45, 7) is 15.6. The quantitative estimate of drug-likeness (QED) is 0.142. The van der Waals surface area contributed by atoms with Crippen molar-refractivity contribution in [3.05, 3.63) is 59.7 Å². The molecule has 0 amide bonds. The summed E-state index contributed by atoms with van der Waals surface area (Å²) >= 11 is 0. The predicted octanol–water partition coefficient (Wildman–Crippen LogP) is 10.1. The largest absolute Gasteiger partial charge is 0.479 e. The molecule has 7 heteroatoms. The van der Waals surface area contributed by atoms with Gasteiger partial charge < -0.3 is 4.74 Å². The summed E-state index contributed by atoms with van der Waals surface area (Å²) in [5.41, 5.74) is 3.00. The number of rotatable bonds is 16. The fourth-order valence-electron chi connectivity index (χ4n) is 5.07. The van der Waals surface area contributed by atoms with Crippen LogP contribution < -0.4 is 0 Å². The second-order valence-electron chi connectivity index (χ2n) is 13.7. The van der Waals surface area contributed by atoms with E-state index in [1.54, 1.807) is 0 Å². The van der Waals surface area contributed by atoms with Crippen molar-refractivity contribution < 1.29 is 22.9 Å². The fraction of sp³-hybridized carbons (Fsp3) is 0.629. The molecule has 1 aliphatic rings. The van der Waals surface area contributed by atoms with Gasteiger partial charge in [0.15, 0.2) is 5.90 Å². The summed E-state index contributed by atoms with van der Waals surface area (Å²) in [6.07, 6.45) is 10.6. The molecule has 1 aliphatic heterocycles. The summed E-state index contributed by atoms with van der Waals surface area (Å²) < 4.78 is 37.0. The zero-order valence-corrected chi connectivity index (χ0v) is 28.2. The number of hydrogen-bond acceptors (Lipinski definition) is 6. The van der Waals surface area contributed by atoms with Crippen LogP contribution in [0.4, 0.5) is 0 Å². The predicted molar refractivity (Wildman–Crippen MR) is 174 cm³/mol. The van der Waals surface area contributed by atoms with E-state index >= 15 is 0 Å². The van der Waals surface area contributed by atoms with E-state index in [9.17, 15) is 4.57 Å². The van der Waals surface area contributed by atoms with Crippen molar-refractivity contribution >= 4 is 13.7 Å². The van der Waals surface area contributed by atoms with Crippen molar-refractivity contribution in [3.8, 4) is 11.1 Å². The van der Waals surface area contributed by atoms with Crippen molar-refractivity contribution in [3.63, 3.8) is 0 Å². The van der Waals surface area contributed by atoms with Crippen molar-refractivity contribution in [2.24, 2.45) is 4.99 Å². The smallest absolute Gasteiger partial charge is 0.475 e. The molecule has 0 radical (unpaired) electrons. The first-order chi connectivity index (χ1) is 19.7. The Morgan fingerprint density at radius 2 is 1.29 bits per heavy atom. The summed E-state index contributed by atoms with van der Waals surface area (Å²) in [6, 6.07) is 17.7. The highest BCUT2D eigenvalue weighted by molar-refractivity contribution is 7.48. The lowest BCUT2D eigenvalue weighted by molar-refractivity contribution is -0.00465. The third-order valence-electron chi connectivity index (χ3n) is 7.15. The van der Waals surface area contributed by atoms with Crippen LogP contribution in [0.3, 0.4) is 0 Å². The molecule has 0 N–H and O–H groups in total. The average Bonchev–Trinajstić information content (AvgIpc) is 3.28. The molecule has 42 heavy (non-hydrogen) atoms. The second-order valence-corrected chi connectivity index (χ2v) is 15.2. The number of nitrogens with zero attached hydrogens (tertiary/aromatic N) is 1. The van der Waals surface area contributed by atoms with Crippen LogP contribution in [0.2, 0.25) is 0 Å². The Labute approximate surface area is 255 Å². The average molecular weight is 600 g/mol. The third kappa shape index (κ3) is 12.0. The van der Waals surface area contributed by atoms with E-state index in [4.69, 9.17) is 23.3 Å². The molecule has 1 atom stereocenters. The van der Waals surface area contributed by atoms with Gasteiger partial charge in [0.1, 0.15) is 12.1 Å². The fourth-order valence-corrected chi connectivity index (χ4v) is 6.95. The van der Waals surface area contributed by atoms with Crippen molar-refractivity contribution in [2.45, 2.75) is 130 Å². The molecule has 2 aromatic carbocycles. The van der Waals surface area contributed by atoms with Gasteiger partial charge in [0.2, 0.25) is 0 Å². The first kappa shape index (κ1) is 34.5. The highest BCUT2D eigenvalue weighted by Crippen LogP contribution is 2.56. The van der Waals surface area contributed by atoms with Gasteiger partial charge in [-0.15, -0.1) is 0 Å². The van der Waals surface area contributed by atoms with Crippen molar-refractivity contribution in [1.82, 2.24) is 0 Å². The minimum Gasteiger partial charge on any atom is -0.479 e. The van der Waals surface area contributed by atoms with Gasteiger partial charge in [0, 0.05) is 6.92 Å². The molecule has 0 aliphatic carbocycles. The van der Waals surface area contributed by atoms with Gasteiger partial charge in [-0.1, -0.05) is 87.6 Å². The molecule has 6 nitrogen and oxygen atoms in total. The second kappa shape index (κ2) is 15.1. The van der Waals surface area contributed by atoms with Gasteiger partial charge in [-0.3, -0.25) is 13.6 Å². The lowest BCUT2D eigenvalue weighted by atomic mass is 9.93. The van der Waals surface area contributed by atoms with Crippen LogP contribution >= 0.6 is 7.82 Å². The molecular formula is C35H54NO5P. The summed E-state index contributed by atoms with van der Waals surface area (Å²) in [4.78, 5) is 4.78. The Balaban J connectivity index is 1.59. The highest BCUT2D eigenvalue weighted by Gasteiger charge is 2.43. The summed E-state index contributed by atoms with van der Waals surface area (Å²) in [5.74, 6) is 0.609. The van der Waals surface area contributed by atoms with E-state index in [1.165, 1.54) is 60.8 Å². The monoisotopic (exact) mass is 599 g/mol. The van der Waals surface area contributed by atoms with Crippen LogP contribution in [-0.4, -0.2) is 35.9 Å². The van der Waals surface area contributed by atoms with Crippen LogP contribution in [0.1, 0.15) is 111 Å². The van der Waals surface area contributed by atoms with Crippen LogP contribution in [0, 0.1) is 0 Å². The minimum absolute atomic E-state index is 0.0803. The van der Waals surface area contributed by atoms with Gasteiger partial charge in [0.05, 0.1) is 17.8 Å². The molecule has 0 aromatic heterocycles. The number of benzene rings is 2. The maximum Gasteiger partial charge on any atom is 0.475 e. The van der Waals surface area contributed by atoms with Crippen LogP contribution in [0.15, 0.2) is 53.5 Å².